The normalized spacial score (nSPS) is 10.7. The topological polar surface area (TPSA) is 34.1 Å². The summed E-state index contributed by atoms with van der Waals surface area (Å²) < 4.78 is 5.89. The molecule has 0 aliphatic rings. The number of rotatable bonds is 6. The standard InChI is InChI=1S/C16H18Cl2N2O/c1-3-19-9-13-5-14(17)6-15(18)16(13)21-10-12-4-11(2)7-20-8-12/h4-8,19H,3,9-10H2,1-2H3. The molecule has 0 bridgehead atoms. The molecule has 0 spiro atoms. The molecule has 21 heavy (non-hydrogen) atoms. The van der Waals surface area contributed by atoms with Gasteiger partial charge in [0.2, 0.25) is 0 Å². The van der Waals surface area contributed by atoms with Gasteiger partial charge in [0.05, 0.1) is 5.02 Å². The Kier molecular flexibility index (Phi) is 5.85. The zero-order valence-corrected chi connectivity index (χ0v) is 13.6. The van der Waals surface area contributed by atoms with Crippen LogP contribution < -0.4 is 10.1 Å². The number of ether oxygens (including phenoxy) is 1. The van der Waals surface area contributed by atoms with Gasteiger partial charge in [-0.1, -0.05) is 30.1 Å². The molecule has 0 atom stereocenters. The van der Waals surface area contributed by atoms with Gasteiger partial charge in [0.1, 0.15) is 12.4 Å². The molecule has 0 saturated heterocycles. The van der Waals surface area contributed by atoms with E-state index in [4.69, 9.17) is 27.9 Å². The second-order valence-electron chi connectivity index (χ2n) is 4.82. The fourth-order valence-corrected chi connectivity index (χ4v) is 2.61. The largest absolute Gasteiger partial charge is 0.487 e. The van der Waals surface area contributed by atoms with Gasteiger partial charge in [-0.05, 0) is 37.2 Å². The molecule has 0 fully saturated rings. The Morgan fingerprint density at radius 2 is 2.00 bits per heavy atom. The molecule has 0 saturated carbocycles. The fraction of sp³-hybridized carbons (Fsp3) is 0.312. The Bertz CT molecular complexity index is 617. The van der Waals surface area contributed by atoms with Crippen molar-refractivity contribution in [3.63, 3.8) is 0 Å². The lowest BCUT2D eigenvalue weighted by molar-refractivity contribution is 0.302. The maximum atomic E-state index is 6.26. The van der Waals surface area contributed by atoms with Crippen LogP contribution in [-0.4, -0.2) is 11.5 Å². The van der Waals surface area contributed by atoms with Gasteiger partial charge in [-0.2, -0.15) is 0 Å². The zero-order valence-electron chi connectivity index (χ0n) is 12.1. The van der Waals surface area contributed by atoms with E-state index in [1.165, 1.54) is 0 Å². The van der Waals surface area contributed by atoms with Crippen LogP contribution in [0, 0.1) is 6.92 Å². The quantitative estimate of drug-likeness (QED) is 0.855. The molecule has 1 aromatic heterocycles. The van der Waals surface area contributed by atoms with E-state index in [-0.39, 0.29) is 0 Å². The summed E-state index contributed by atoms with van der Waals surface area (Å²) in [4.78, 5) is 4.16. The highest BCUT2D eigenvalue weighted by Gasteiger charge is 2.11. The third-order valence-electron chi connectivity index (χ3n) is 2.97. The van der Waals surface area contributed by atoms with Crippen molar-refractivity contribution in [3.8, 4) is 5.75 Å². The summed E-state index contributed by atoms with van der Waals surface area (Å²) in [5.74, 6) is 0.670. The van der Waals surface area contributed by atoms with Crippen molar-refractivity contribution in [2.45, 2.75) is 27.0 Å². The van der Waals surface area contributed by atoms with Crippen molar-refractivity contribution in [1.82, 2.24) is 10.3 Å². The molecule has 3 nitrogen and oxygen atoms in total. The number of halogens is 2. The number of pyridine rings is 1. The molecule has 0 radical (unpaired) electrons. The molecular weight excluding hydrogens is 307 g/mol. The Morgan fingerprint density at radius 1 is 1.19 bits per heavy atom. The highest BCUT2D eigenvalue weighted by molar-refractivity contribution is 6.35. The van der Waals surface area contributed by atoms with Crippen molar-refractivity contribution < 1.29 is 4.74 Å². The number of hydrogen-bond acceptors (Lipinski definition) is 3. The summed E-state index contributed by atoms with van der Waals surface area (Å²) >= 11 is 12.3. The summed E-state index contributed by atoms with van der Waals surface area (Å²) in [7, 11) is 0. The highest BCUT2D eigenvalue weighted by Crippen LogP contribution is 2.33. The molecule has 5 heteroatoms. The third-order valence-corrected chi connectivity index (χ3v) is 3.46. The number of hydrogen-bond donors (Lipinski definition) is 1. The Balaban J connectivity index is 2.18. The van der Waals surface area contributed by atoms with E-state index in [1.54, 1.807) is 12.3 Å². The van der Waals surface area contributed by atoms with Crippen molar-refractivity contribution in [1.29, 1.82) is 0 Å². The first-order valence-corrected chi connectivity index (χ1v) is 7.57. The molecule has 2 aromatic rings. The zero-order chi connectivity index (χ0) is 15.2. The van der Waals surface area contributed by atoms with E-state index in [2.05, 4.69) is 10.3 Å². The van der Waals surface area contributed by atoms with E-state index in [1.807, 2.05) is 32.2 Å². The van der Waals surface area contributed by atoms with Crippen LogP contribution in [0.25, 0.3) is 0 Å². The van der Waals surface area contributed by atoms with Gasteiger partial charge < -0.3 is 10.1 Å². The van der Waals surface area contributed by atoms with Crippen molar-refractivity contribution in [3.05, 3.63) is 57.3 Å². The van der Waals surface area contributed by atoms with Gasteiger partial charge in [-0.15, -0.1) is 0 Å². The Hall–Kier alpha value is -1.29. The number of aryl methyl sites for hydroxylation is 1. The van der Waals surface area contributed by atoms with Crippen LogP contribution in [0.3, 0.4) is 0 Å². The van der Waals surface area contributed by atoms with Crippen LogP contribution in [0.15, 0.2) is 30.6 Å². The molecule has 0 amide bonds. The minimum Gasteiger partial charge on any atom is -0.487 e. The van der Waals surface area contributed by atoms with E-state index in [0.29, 0.717) is 28.9 Å². The number of nitrogens with one attached hydrogen (secondary N) is 1. The fourth-order valence-electron chi connectivity index (χ4n) is 2.02. The monoisotopic (exact) mass is 324 g/mol. The summed E-state index contributed by atoms with van der Waals surface area (Å²) in [5, 5.41) is 4.39. The average molecular weight is 325 g/mol. The molecule has 0 aliphatic carbocycles. The lowest BCUT2D eigenvalue weighted by Crippen LogP contribution is -2.13. The van der Waals surface area contributed by atoms with Crippen molar-refractivity contribution in [2.75, 3.05) is 6.54 Å². The van der Waals surface area contributed by atoms with Crippen molar-refractivity contribution in [2.24, 2.45) is 0 Å². The van der Waals surface area contributed by atoms with E-state index >= 15 is 0 Å². The minimum absolute atomic E-state index is 0.426. The third kappa shape index (κ3) is 4.60. The Labute approximate surface area is 135 Å². The van der Waals surface area contributed by atoms with Crippen molar-refractivity contribution >= 4 is 23.2 Å². The van der Waals surface area contributed by atoms with Crippen LogP contribution >= 0.6 is 23.2 Å². The molecule has 0 aliphatic heterocycles. The van der Waals surface area contributed by atoms with Gasteiger partial charge in [-0.25, -0.2) is 0 Å². The number of aromatic nitrogens is 1. The molecule has 1 heterocycles. The molecule has 0 unspecified atom stereocenters. The van der Waals surface area contributed by atoms with E-state index in [9.17, 15) is 0 Å². The average Bonchev–Trinajstić information content (AvgIpc) is 2.44. The van der Waals surface area contributed by atoms with Gasteiger partial charge >= 0.3 is 0 Å². The second kappa shape index (κ2) is 7.64. The predicted molar refractivity (Wildman–Crippen MR) is 87.1 cm³/mol. The smallest absolute Gasteiger partial charge is 0.142 e. The van der Waals surface area contributed by atoms with Gasteiger partial charge in [0.25, 0.3) is 0 Å². The molecule has 112 valence electrons. The summed E-state index contributed by atoms with van der Waals surface area (Å²) in [6, 6.07) is 5.61. The number of benzene rings is 1. The van der Waals surface area contributed by atoms with Crippen LogP contribution in [0.2, 0.25) is 10.0 Å². The maximum Gasteiger partial charge on any atom is 0.142 e. The van der Waals surface area contributed by atoms with Crippen LogP contribution in [0.4, 0.5) is 0 Å². The summed E-state index contributed by atoms with van der Waals surface area (Å²) in [5.41, 5.74) is 3.07. The summed E-state index contributed by atoms with van der Waals surface area (Å²) in [6.07, 6.45) is 3.61. The van der Waals surface area contributed by atoms with E-state index in [0.717, 1.165) is 23.2 Å². The minimum atomic E-state index is 0.426. The Morgan fingerprint density at radius 3 is 2.71 bits per heavy atom. The van der Waals surface area contributed by atoms with Crippen LogP contribution in [0.1, 0.15) is 23.6 Å². The molecule has 1 aromatic carbocycles. The lowest BCUT2D eigenvalue weighted by atomic mass is 10.2. The lowest BCUT2D eigenvalue weighted by Gasteiger charge is -2.14. The van der Waals surface area contributed by atoms with Crippen LogP contribution in [-0.2, 0) is 13.2 Å². The number of nitrogens with zero attached hydrogens (tertiary/aromatic N) is 1. The first kappa shape index (κ1) is 16.1. The van der Waals surface area contributed by atoms with E-state index < -0.39 is 0 Å². The summed E-state index contributed by atoms with van der Waals surface area (Å²) in [6.45, 7) is 6.01. The van der Waals surface area contributed by atoms with Crippen LogP contribution in [0.5, 0.6) is 5.75 Å². The second-order valence-corrected chi connectivity index (χ2v) is 5.66. The van der Waals surface area contributed by atoms with Gasteiger partial charge in [0, 0.05) is 35.1 Å². The predicted octanol–water partition coefficient (Wildman–Crippen LogP) is 4.39. The molecule has 2 rings (SSSR count). The molecule has 1 N–H and O–H groups in total. The first-order chi connectivity index (χ1) is 10.1. The van der Waals surface area contributed by atoms with Gasteiger partial charge in [0.15, 0.2) is 0 Å². The first-order valence-electron chi connectivity index (χ1n) is 6.82. The highest BCUT2D eigenvalue weighted by atomic mass is 35.5. The molecular formula is C16H18Cl2N2O. The SMILES string of the molecule is CCNCc1cc(Cl)cc(Cl)c1OCc1cncc(C)c1. The maximum absolute atomic E-state index is 6.26. The van der Waals surface area contributed by atoms with Gasteiger partial charge in [-0.3, -0.25) is 4.98 Å².